The number of carbonyl (C=O) groups excluding carboxylic acids is 2. The number of nitrogens with one attached hydrogen (secondary N) is 1. The molecule has 0 spiro atoms. The normalized spacial score (nSPS) is 12.7. The molecule has 1 aliphatic heterocycles. The van der Waals surface area contributed by atoms with Crippen molar-refractivity contribution >= 4 is 28.8 Å². The first-order valence-corrected chi connectivity index (χ1v) is 12.4. The Balaban J connectivity index is 1.42. The Hall–Kier alpha value is -3.59. The van der Waals surface area contributed by atoms with Crippen LogP contribution in [0.15, 0.2) is 41.8 Å². The number of anilines is 1. The van der Waals surface area contributed by atoms with Gasteiger partial charge in [0, 0.05) is 17.5 Å². The summed E-state index contributed by atoms with van der Waals surface area (Å²) in [5, 5.41) is 6.00. The molecule has 0 saturated carbocycles. The lowest BCUT2D eigenvalue weighted by molar-refractivity contribution is -0.125. The lowest BCUT2D eigenvalue weighted by atomic mass is 10.1. The minimum absolute atomic E-state index is 0.0806. The Morgan fingerprint density at radius 2 is 1.97 bits per heavy atom. The number of amides is 2. The van der Waals surface area contributed by atoms with Crippen molar-refractivity contribution in [3.63, 3.8) is 0 Å². The summed E-state index contributed by atoms with van der Waals surface area (Å²) in [6.07, 6.45) is 2.59. The summed E-state index contributed by atoms with van der Waals surface area (Å²) in [6.45, 7) is 2.38. The third kappa shape index (κ3) is 5.74. The summed E-state index contributed by atoms with van der Waals surface area (Å²) < 4.78 is 16.2. The van der Waals surface area contributed by atoms with Crippen LogP contribution >= 0.6 is 11.3 Å². The van der Waals surface area contributed by atoms with Gasteiger partial charge in [-0.2, -0.15) is 0 Å². The van der Waals surface area contributed by atoms with E-state index in [-0.39, 0.29) is 25.0 Å². The SMILES string of the molecule is CCCc1nc(-c2ccc3c(c2)N(CC(=O)NCCc2ccc(OC)c(OC)c2)C(=O)CO3)cs1. The molecule has 2 heterocycles. The van der Waals surface area contributed by atoms with Crippen LogP contribution in [0.2, 0.25) is 0 Å². The molecular formula is C26H29N3O5S. The molecule has 9 heteroatoms. The molecule has 3 aromatic rings. The highest BCUT2D eigenvalue weighted by Gasteiger charge is 2.28. The quantitative estimate of drug-likeness (QED) is 0.459. The van der Waals surface area contributed by atoms with E-state index in [1.54, 1.807) is 25.6 Å². The smallest absolute Gasteiger partial charge is 0.265 e. The second-order valence-electron chi connectivity index (χ2n) is 8.12. The van der Waals surface area contributed by atoms with Crippen molar-refractivity contribution in [1.29, 1.82) is 0 Å². The van der Waals surface area contributed by atoms with Crippen LogP contribution in [-0.2, 0) is 22.4 Å². The number of aryl methyl sites for hydroxylation is 1. The second-order valence-corrected chi connectivity index (χ2v) is 9.06. The van der Waals surface area contributed by atoms with E-state index in [0.29, 0.717) is 35.9 Å². The van der Waals surface area contributed by atoms with Crippen LogP contribution in [0.25, 0.3) is 11.3 Å². The van der Waals surface area contributed by atoms with Crippen molar-refractivity contribution in [2.75, 3.05) is 38.8 Å². The molecule has 2 amide bonds. The topological polar surface area (TPSA) is 90.0 Å². The van der Waals surface area contributed by atoms with E-state index in [1.807, 2.05) is 41.8 Å². The zero-order valence-corrected chi connectivity index (χ0v) is 20.9. The van der Waals surface area contributed by atoms with Crippen LogP contribution in [0.5, 0.6) is 17.2 Å². The molecule has 4 rings (SSSR count). The minimum Gasteiger partial charge on any atom is -0.493 e. The van der Waals surface area contributed by atoms with E-state index < -0.39 is 0 Å². The molecule has 35 heavy (non-hydrogen) atoms. The fraction of sp³-hybridized carbons (Fsp3) is 0.346. The number of carbonyl (C=O) groups is 2. The van der Waals surface area contributed by atoms with Crippen LogP contribution in [0.1, 0.15) is 23.9 Å². The van der Waals surface area contributed by atoms with Crippen LogP contribution in [0, 0.1) is 0 Å². The maximum atomic E-state index is 12.7. The molecule has 0 unspecified atom stereocenters. The number of ether oxygens (including phenoxy) is 3. The molecule has 8 nitrogen and oxygen atoms in total. The number of aromatic nitrogens is 1. The van der Waals surface area contributed by atoms with Crippen molar-refractivity contribution in [2.45, 2.75) is 26.2 Å². The van der Waals surface area contributed by atoms with Crippen molar-refractivity contribution < 1.29 is 23.8 Å². The van der Waals surface area contributed by atoms with Crippen molar-refractivity contribution in [2.24, 2.45) is 0 Å². The molecule has 1 aromatic heterocycles. The predicted octanol–water partition coefficient (Wildman–Crippen LogP) is 3.86. The van der Waals surface area contributed by atoms with Gasteiger partial charge >= 0.3 is 0 Å². The lowest BCUT2D eigenvalue weighted by Gasteiger charge is -2.29. The Labute approximate surface area is 208 Å². The average molecular weight is 496 g/mol. The Morgan fingerprint density at radius 3 is 2.74 bits per heavy atom. The summed E-state index contributed by atoms with van der Waals surface area (Å²) in [7, 11) is 3.18. The largest absolute Gasteiger partial charge is 0.493 e. The molecule has 0 radical (unpaired) electrons. The predicted molar refractivity (Wildman–Crippen MR) is 136 cm³/mol. The molecule has 1 aliphatic rings. The van der Waals surface area contributed by atoms with Crippen molar-refractivity contribution in [3.8, 4) is 28.5 Å². The van der Waals surface area contributed by atoms with Crippen LogP contribution in [0.4, 0.5) is 5.69 Å². The molecule has 0 bridgehead atoms. The maximum Gasteiger partial charge on any atom is 0.265 e. The zero-order valence-electron chi connectivity index (χ0n) is 20.1. The van der Waals surface area contributed by atoms with E-state index in [0.717, 1.165) is 34.7 Å². The van der Waals surface area contributed by atoms with E-state index in [9.17, 15) is 9.59 Å². The van der Waals surface area contributed by atoms with Crippen molar-refractivity contribution in [3.05, 3.63) is 52.3 Å². The average Bonchev–Trinajstić information content (AvgIpc) is 3.34. The highest BCUT2D eigenvalue weighted by molar-refractivity contribution is 7.09. The van der Waals surface area contributed by atoms with E-state index >= 15 is 0 Å². The number of thiazole rings is 1. The Morgan fingerprint density at radius 1 is 1.14 bits per heavy atom. The standard InChI is InChI=1S/C26H29N3O5S/c1-4-5-25-28-19(16-35-25)18-7-9-21-20(13-18)29(26(31)15-34-21)14-24(30)27-11-10-17-6-8-22(32-2)23(12-17)33-3/h6-9,12-13,16H,4-5,10-11,14-15H2,1-3H3,(H,27,30). The van der Waals surface area contributed by atoms with Crippen LogP contribution in [0.3, 0.4) is 0 Å². The van der Waals surface area contributed by atoms with Crippen molar-refractivity contribution in [1.82, 2.24) is 10.3 Å². The van der Waals surface area contributed by atoms with E-state index in [4.69, 9.17) is 19.2 Å². The fourth-order valence-corrected chi connectivity index (χ4v) is 4.80. The van der Waals surface area contributed by atoms with Gasteiger partial charge in [0.25, 0.3) is 5.91 Å². The second kappa shape index (κ2) is 11.2. The molecular weight excluding hydrogens is 466 g/mol. The third-order valence-corrected chi connectivity index (χ3v) is 6.61. The van der Waals surface area contributed by atoms with Gasteiger partial charge in [0.1, 0.15) is 12.3 Å². The minimum atomic E-state index is -0.255. The first-order chi connectivity index (χ1) is 17.0. The van der Waals surface area contributed by atoms with Gasteiger partial charge in [-0.05, 0) is 55.2 Å². The summed E-state index contributed by atoms with van der Waals surface area (Å²) in [6, 6.07) is 11.3. The molecule has 1 N–H and O–H groups in total. The molecule has 0 atom stereocenters. The molecule has 0 saturated heterocycles. The lowest BCUT2D eigenvalue weighted by Crippen LogP contribution is -2.45. The molecule has 2 aromatic carbocycles. The first kappa shape index (κ1) is 24.5. The van der Waals surface area contributed by atoms with Crippen LogP contribution < -0.4 is 24.4 Å². The van der Waals surface area contributed by atoms with Gasteiger partial charge in [-0.1, -0.05) is 13.0 Å². The van der Waals surface area contributed by atoms with E-state index in [1.165, 1.54) is 4.90 Å². The van der Waals surface area contributed by atoms with E-state index in [2.05, 4.69) is 12.2 Å². The highest BCUT2D eigenvalue weighted by atomic mass is 32.1. The van der Waals surface area contributed by atoms with Crippen LogP contribution in [-0.4, -0.2) is 50.7 Å². The molecule has 0 fully saturated rings. The monoisotopic (exact) mass is 495 g/mol. The fourth-order valence-electron chi connectivity index (χ4n) is 3.89. The number of methoxy groups -OCH3 is 2. The summed E-state index contributed by atoms with van der Waals surface area (Å²) in [5.41, 5.74) is 3.34. The Bertz CT molecular complexity index is 1210. The number of hydrogen-bond donors (Lipinski definition) is 1. The number of hydrogen-bond acceptors (Lipinski definition) is 7. The molecule has 0 aliphatic carbocycles. The van der Waals surface area contributed by atoms with Gasteiger partial charge in [0.2, 0.25) is 5.91 Å². The third-order valence-electron chi connectivity index (χ3n) is 5.70. The highest BCUT2D eigenvalue weighted by Crippen LogP contribution is 2.36. The molecule has 184 valence electrons. The van der Waals surface area contributed by atoms with Gasteiger partial charge in [-0.15, -0.1) is 11.3 Å². The zero-order chi connectivity index (χ0) is 24.8. The summed E-state index contributed by atoms with van der Waals surface area (Å²) >= 11 is 1.63. The number of benzene rings is 2. The van der Waals surface area contributed by atoms with Gasteiger partial charge in [0.05, 0.1) is 30.6 Å². The van der Waals surface area contributed by atoms with Gasteiger partial charge in [0.15, 0.2) is 18.1 Å². The summed E-state index contributed by atoms with van der Waals surface area (Å²) in [4.78, 5) is 31.5. The number of nitrogens with zero attached hydrogens (tertiary/aromatic N) is 2. The number of rotatable bonds is 10. The Kier molecular flexibility index (Phi) is 7.87. The van der Waals surface area contributed by atoms with Gasteiger partial charge in [-0.3, -0.25) is 14.5 Å². The van der Waals surface area contributed by atoms with Gasteiger partial charge in [-0.25, -0.2) is 4.98 Å². The maximum absolute atomic E-state index is 12.7. The van der Waals surface area contributed by atoms with Gasteiger partial charge < -0.3 is 19.5 Å². The summed E-state index contributed by atoms with van der Waals surface area (Å²) in [5.74, 6) is 1.38. The number of fused-ring (bicyclic) bond motifs is 1. The first-order valence-electron chi connectivity index (χ1n) is 11.5.